The average Bonchev–Trinajstić information content (AvgIpc) is 3.01. The van der Waals surface area contributed by atoms with Crippen LogP contribution in [0, 0.1) is 5.92 Å². The van der Waals surface area contributed by atoms with Crippen molar-refractivity contribution in [1.29, 1.82) is 0 Å². The molecule has 0 aliphatic carbocycles. The highest BCUT2D eigenvalue weighted by Crippen LogP contribution is 2.22. The number of rotatable bonds is 8. The summed E-state index contributed by atoms with van der Waals surface area (Å²) in [6.45, 7) is 9.48. The lowest BCUT2D eigenvalue weighted by atomic mass is 10.0. The Morgan fingerprint density at radius 1 is 1.20 bits per heavy atom. The largest absolute Gasteiger partial charge is 0.497 e. The predicted octanol–water partition coefficient (Wildman–Crippen LogP) is 3.08. The third-order valence-electron chi connectivity index (χ3n) is 5.33. The molecule has 0 spiro atoms. The summed E-state index contributed by atoms with van der Waals surface area (Å²) >= 11 is 0. The first-order chi connectivity index (χ1) is 14.5. The van der Waals surface area contributed by atoms with Crippen LogP contribution in [0.25, 0.3) is 6.08 Å². The minimum atomic E-state index is -0.0923. The number of ether oxygens (including phenoxy) is 1. The normalized spacial score (nSPS) is 15.8. The molecule has 0 unspecified atom stereocenters. The maximum absolute atomic E-state index is 11.7. The standard InChI is InChI=1S/C23H33N5O2/c1-17(2)16-21(24-18(3)29)23-26-25-22-11-13-27(14-15-28(22)23)12-5-6-19-7-9-20(30-4)10-8-19/h5-10,17,21H,11-16H2,1-4H3,(H,24,29)/b6-5+/t21-/m0/s1. The van der Waals surface area contributed by atoms with Gasteiger partial charge in [-0.2, -0.15) is 0 Å². The Balaban J connectivity index is 1.62. The lowest BCUT2D eigenvalue weighted by Crippen LogP contribution is -2.31. The first-order valence-electron chi connectivity index (χ1n) is 10.7. The van der Waals surface area contributed by atoms with Crippen LogP contribution in [0.3, 0.4) is 0 Å². The Labute approximate surface area is 179 Å². The lowest BCUT2D eigenvalue weighted by molar-refractivity contribution is -0.119. The summed E-state index contributed by atoms with van der Waals surface area (Å²) in [6, 6.07) is 7.97. The highest BCUT2D eigenvalue weighted by Gasteiger charge is 2.25. The van der Waals surface area contributed by atoms with E-state index in [1.807, 2.05) is 12.1 Å². The highest BCUT2D eigenvalue weighted by molar-refractivity contribution is 5.73. The zero-order valence-electron chi connectivity index (χ0n) is 18.5. The Kier molecular flexibility index (Phi) is 7.63. The Morgan fingerprint density at radius 2 is 1.97 bits per heavy atom. The van der Waals surface area contributed by atoms with E-state index in [-0.39, 0.29) is 11.9 Å². The molecule has 30 heavy (non-hydrogen) atoms. The molecule has 7 nitrogen and oxygen atoms in total. The molecule has 1 N–H and O–H groups in total. The highest BCUT2D eigenvalue weighted by atomic mass is 16.5. The third-order valence-corrected chi connectivity index (χ3v) is 5.33. The van der Waals surface area contributed by atoms with Gasteiger partial charge < -0.3 is 14.6 Å². The van der Waals surface area contributed by atoms with Crippen molar-refractivity contribution < 1.29 is 9.53 Å². The minimum Gasteiger partial charge on any atom is -0.497 e. The fourth-order valence-electron chi connectivity index (χ4n) is 3.83. The molecule has 2 aromatic rings. The lowest BCUT2D eigenvalue weighted by Gasteiger charge is -2.21. The SMILES string of the molecule is COc1ccc(/C=C/CN2CCc3nnc([C@H](CC(C)C)NC(C)=O)n3CC2)cc1. The van der Waals surface area contributed by atoms with Gasteiger partial charge in [0.2, 0.25) is 5.91 Å². The van der Waals surface area contributed by atoms with Crippen molar-refractivity contribution in [1.82, 2.24) is 25.0 Å². The molecular weight excluding hydrogens is 378 g/mol. The van der Waals surface area contributed by atoms with E-state index >= 15 is 0 Å². The summed E-state index contributed by atoms with van der Waals surface area (Å²) in [5.74, 6) is 3.18. The van der Waals surface area contributed by atoms with E-state index in [4.69, 9.17) is 4.74 Å². The first kappa shape index (κ1) is 22.0. The number of benzene rings is 1. The molecule has 1 aliphatic heterocycles. The quantitative estimate of drug-likeness (QED) is 0.723. The maximum atomic E-state index is 11.7. The number of hydrogen-bond acceptors (Lipinski definition) is 5. The molecule has 1 aliphatic rings. The monoisotopic (exact) mass is 411 g/mol. The molecule has 1 aromatic carbocycles. The topological polar surface area (TPSA) is 72.3 Å². The number of nitrogens with one attached hydrogen (secondary N) is 1. The van der Waals surface area contributed by atoms with E-state index in [0.29, 0.717) is 5.92 Å². The Bertz CT molecular complexity index is 857. The molecular formula is C23H33N5O2. The summed E-state index contributed by atoms with van der Waals surface area (Å²) in [5, 5.41) is 11.9. The van der Waals surface area contributed by atoms with Crippen LogP contribution in [0.1, 0.15) is 50.4 Å². The van der Waals surface area contributed by atoms with E-state index in [2.05, 4.69) is 63.1 Å². The fraction of sp³-hybridized carbons (Fsp3) is 0.522. The Hall–Kier alpha value is -2.67. The second-order valence-electron chi connectivity index (χ2n) is 8.23. The van der Waals surface area contributed by atoms with Crippen molar-refractivity contribution in [2.45, 2.75) is 46.2 Å². The summed E-state index contributed by atoms with van der Waals surface area (Å²) in [7, 11) is 1.68. The van der Waals surface area contributed by atoms with Crippen molar-refractivity contribution >= 4 is 12.0 Å². The van der Waals surface area contributed by atoms with Gasteiger partial charge in [0.15, 0.2) is 5.82 Å². The number of fused-ring (bicyclic) bond motifs is 1. The van der Waals surface area contributed by atoms with Crippen LogP contribution in [-0.4, -0.2) is 52.3 Å². The first-order valence-corrected chi connectivity index (χ1v) is 10.7. The van der Waals surface area contributed by atoms with Crippen LogP contribution in [0.2, 0.25) is 0 Å². The molecule has 162 valence electrons. The van der Waals surface area contributed by atoms with Crippen LogP contribution in [0.5, 0.6) is 5.75 Å². The van der Waals surface area contributed by atoms with Crippen LogP contribution in [0.4, 0.5) is 0 Å². The molecule has 0 fully saturated rings. The van der Waals surface area contributed by atoms with Crippen molar-refractivity contribution in [2.24, 2.45) is 5.92 Å². The van der Waals surface area contributed by atoms with Gasteiger partial charge in [-0.1, -0.05) is 38.1 Å². The molecule has 0 bridgehead atoms. The van der Waals surface area contributed by atoms with Gasteiger partial charge in [0.25, 0.3) is 0 Å². The van der Waals surface area contributed by atoms with Gasteiger partial charge in [0, 0.05) is 39.5 Å². The molecule has 2 heterocycles. The zero-order valence-corrected chi connectivity index (χ0v) is 18.5. The summed E-state index contributed by atoms with van der Waals surface area (Å²) in [6.07, 6.45) is 6.06. The average molecular weight is 412 g/mol. The van der Waals surface area contributed by atoms with E-state index in [1.54, 1.807) is 14.0 Å². The van der Waals surface area contributed by atoms with Gasteiger partial charge >= 0.3 is 0 Å². The number of carbonyl (C=O) groups is 1. The van der Waals surface area contributed by atoms with Crippen LogP contribution >= 0.6 is 0 Å². The Morgan fingerprint density at radius 3 is 2.63 bits per heavy atom. The van der Waals surface area contributed by atoms with E-state index in [0.717, 1.165) is 62.0 Å². The van der Waals surface area contributed by atoms with Crippen LogP contribution < -0.4 is 10.1 Å². The number of carbonyl (C=O) groups excluding carboxylic acids is 1. The molecule has 1 atom stereocenters. The summed E-state index contributed by atoms with van der Waals surface area (Å²) in [4.78, 5) is 14.1. The van der Waals surface area contributed by atoms with Crippen molar-refractivity contribution in [2.75, 3.05) is 26.7 Å². The number of amides is 1. The van der Waals surface area contributed by atoms with Gasteiger partial charge in [-0.15, -0.1) is 10.2 Å². The number of aromatic nitrogens is 3. The molecule has 1 amide bonds. The van der Waals surface area contributed by atoms with Crippen molar-refractivity contribution in [3.8, 4) is 5.75 Å². The summed E-state index contributed by atoms with van der Waals surface area (Å²) < 4.78 is 7.41. The number of methoxy groups -OCH3 is 1. The van der Waals surface area contributed by atoms with Crippen LogP contribution in [0.15, 0.2) is 30.3 Å². The fourth-order valence-corrected chi connectivity index (χ4v) is 3.83. The van der Waals surface area contributed by atoms with Gasteiger partial charge in [0.1, 0.15) is 11.6 Å². The second-order valence-corrected chi connectivity index (χ2v) is 8.23. The molecule has 3 rings (SSSR count). The van der Waals surface area contributed by atoms with E-state index in [1.165, 1.54) is 0 Å². The smallest absolute Gasteiger partial charge is 0.217 e. The van der Waals surface area contributed by atoms with Crippen LogP contribution in [-0.2, 0) is 17.8 Å². The van der Waals surface area contributed by atoms with E-state index < -0.39 is 0 Å². The maximum Gasteiger partial charge on any atom is 0.217 e. The van der Waals surface area contributed by atoms with Crippen molar-refractivity contribution in [3.05, 3.63) is 47.6 Å². The molecule has 0 saturated heterocycles. The van der Waals surface area contributed by atoms with Crippen molar-refractivity contribution in [3.63, 3.8) is 0 Å². The second kappa shape index (κ2) is 10.4. The molecule has 1 aromatic heterocycles. The van der Waals surface area contributed by atoms with Gasteiger partial charge in [0.05, 0.1) is 13.2 Å². The van der Waals surface area contributed by atoms with Gasteiger partial charge in [-0.3, -0.25) is 9.69 Å². The van der Waals surface area contributed by atoms with Gasteiger partial charge in [-0.25, -0.2) is 0 Å². The van der Waals surface area contributed by atoms with E-state index in [9.17, 15) is 4.79 Å². The number of nitrogens with zero attached hydrogens (tertiary/aromatic N) is 4. The molecule has 7 heteroatoms. The molecule has 0 radical (unpaired) electrons. The predicted molar refractivity (Wildman–Crippen MR) is 118 cm³/mol. The molecule has 0 saturated carbocycles. The number of hydrogen-bond donors (Lipinski definition) is 1. The minimum absolute atomic E-state index is 0.0306. The third kappa shape index (κ3) is 5.92. The van der Waals surface area contributed by atoms with Gasteiger partial charge in [-0.05, 0) is 30.0 Å². The zero-order chi connectivity index (χ0) is 21.5. The summed E-state index contributed by atoms with van der Waals surface area (Å²) in [5.41, 5.74) is 1.16.